The Morgan fingerprint density at radius 3 is 2.48 bits per heavy atom. The molecule has 2 aromatic carbocycles. The fourth-order valence-electron chi connectivity index (χ4n) is 2.56. The zero-order chi connectivity index (χ0) is 16.7. The Morgan fingerprint density at radius 1 is 1.09 bits per heavy atom. The van der Waals surface area contributed by atoms with Gasteiger partial charge in [-0.1, -0.05) is 49.4 Å². The van der Waals surface area contributed by atoms with Gasteiger partial charge in [0.1, 0.15) is 6.04 Å². The number of hydrogen-bond acceptors (Lipinski definition) is 3. The van der Waals surface area contributed by atoms with Gasteiger partial charge in [-0.15, -0.1) is 0 Å². The summed E-state index contributed by atoms with van der Waals surface area (Å²) in [6.07, 6.45) is 0. The zero-order valence-electron chi connectivity index (χ0n) is 14.0. The number of nitrogens with zero attached hydrogens (tertiary/aromatic N) is 1. The van der Waals surface area contributed by atoms with Crippen molar-refractivity contribution in [2.75, 3.05) is 26.0 Å². The van der Waals surface area contributed by atoms with Gasteiger partial charge in [-0.2, -0.15) is 0 Å². The molecule has 0 aliphatic heterocycles. The number of carbonyl (C=O) groups excluding carboxylic acids is 1. The van der Waals surface area contributed by atoms with Gasteiger partial charge < -0.3 is 10.6 Å². The molecular formula is C19H25N3O. The number of amides is 1. The molecule has 0 bridgehead atoms. The standard InChI is InChI=1S/C19H25N3O/c1-4-20-14-15-9-8-12-17(13-15)21-19(23)18(22(2)3)16-10-6-5-7-11-16/h5-13,18,20H,4,14H2,1-3H3,(H,21,23). The van der Waals surface area contributed by atoms with E-state index in [1.54, 1.807) is 0 Å². The molecule has 0 saturated heterocycles. The summed E-state index contributed by atoms with van der Waals surface area (Å²) in [5.41, 5.74) is 2.97. The van der Waals surface area contributed by atoms with Crippen molar-refractivity contribution in [3.05, 3.63) is 65.7 Å². The second-order valence-electron chi connectivity index (χ2n) is 5.75. The van der Waals surface area contributed by atoms with E-state index in [2.05, 4.69) is 23.6 Å². The molecular weight excluding hydrogens is 286 g/mol. The van der Waals surface area contributed by atoms with Crippen molar-refractivity contribution >= 4 is 11.6 Å². The van der Waals surface area contributed by atoms with Crippen LogP contribution < -0.4 is 10.6 Å². The van der Waals surface area contributed by atoms with E-state index in [1.807, 2.05) is 67.5 Å². The van der Waals surface area contributed by atoms with E-state index in [0.29, 0.717) is 0 Å². The summed E-state index contributed by atoms with van der Waals surface area (Å²) >= 11 is 0. The van der Waals surface area contributed by atoms with Crippen LogP contribution in [0.2, 0.25) is 0 Å². The number of benzene rings is 2. The minimum atomic E-state index is -0.311. The predicted octanol–water partition coefficient (Wildman–Crippen LogP) is 3.04. The number of rotatable bonds is 7. The van der Waals surface area contributed by atoms with Crippen LogP contribution in [0.3, 0.4) is 0 Å². The molecule has 4 heteroatoms. The van der Waals surface area contributed by atoms with E-state index in [4.69, 9.17) is 0 Å². The maximum Gasteiger partial charge on any atom is 0.246 e. The van der Waals surface area contributed by atoms with E-state index >= 15 is 0 Å². The highest BCUT2D eigenvalue weighted by Gasteiger charge is 2.22. The molecule has 1 unspecified atom stereocenters. The van der Waals surface area contributed by atoms with E-state index in [1.165, 1.54) is 0 Å². The lowest BCUT2D eigenvalue weighted by molar-refractivity contribution is -0.120. The first-order valence-electron chi connectivity index (χ1n) is 7.93. The highest BCUT2D eigenvalue weighted by Crippen LogP contribution is 2.20. The molecule has 0 aromatic heterocycles. The number of carbonyl (C=O) groups is 1. The number of hydrogen-bond donors (Lipinski definition) is 2. The Labute approximate surface area is 138 Å². The molecule has 0 saturated carbocycles. The molecule has 0 radical (unpaired) electrons. The van der Waals surface area contributed by atoms with Crippen molar-refractivity contribution in [1.82, 2.24) is 10.2 Å². The third-order valence-electron chi connectivity index (χ3n) is 3.65. The van der Waals surface area contributed by atoms with Crippen LogP contribution in [0.15, 0.2) is 54.6 Å². The topological polar surface area (TPSA) is 44.4 Å². The van der Waals surface area contributed by atoms with E-state index in [9.17, 15) is 4.79 Å². The number of nitrogens with one attached hydrogen (secondary N) is 2. The average Bonchev–Trinajstić information content (AvgIpc) is 2.54. The summed E-state index contributed by atoms with van der Waals surface area (Å²) in [6, 6.07) is 17.5. The first-order chi connectivity index (χ1) is 11.1. The second kappa shape index (κ2) is 8.46. The molecule has 4 nitrogen and oxygen atoms in total. The monoisotopic (exact) mass is 311 g/mol. The first-order valence-corrected chi connectivity index (χ1v) is 7.93. The summed E-state index contributed by atoms with van der Waals surface area (Å²) in [5, 5.41) is 6.32. The van der Waals surface area contributed by atoms with Gasteiger partial charge in [0.25, 0.3) is 0 Å². The lowest BCUT2D eigenvalue weighted by atomic mass is 10.1. The molecule has 1 amide bonds. The van der Waals surface area contributed by atoms with Gasteiger partial charge in [0.05, 0.1) is 0 Å². The third kappa shape index (κ3) is 4.91. The van der Waals surface area contributed by atoms with Crippen LogP contribution in [0.4, 0.5) is 5.69 Å². The smallest absolute Gasteiger partial charge is 0.246 e. The van der Waals surface area contributed by atoms with Crippen molar-refractivity contribution in [1.29, 1.82) is 0 Å². The van der Waals surface area contributed by atoms with Gasteiger partial charge in [-0.3, -0.25) is 9.69 Å². The average molecular weight is 311 g/mol. The lowest BCUT2D eigenvalue weighted by Crippen LogP contribution is -2.32. The molecule has 2 N–H and O–H groups in total. The van der Waals surface area contributed by atoms with Gasteiger partial charge in [0.2, 0.25) is 5.91 Å². The molecule has 1 atom stereocenters. The van der Waals surface area contributed by atoms with Gasteiger partial charge in [0, 0.05) is 12.2 Å². The summed E-state index contributed by atoms with van der Waals surface area (Å²) in [6.45, 7) is 3.80. The van der Waals surface area contributed by atoms with Crippen LogP contribution in [0.1, 0.15) is 24.1 Å². The maximum absolute atomic E-state index is 12.7. The Hall–Kier alpha value is -2.17. The summed E-state index contributed by atoms with van der Waals surface area (Å²) in [4.78, 5) is 14.6. The molecule has 2 rings (SSSR count). The number of likely N-dealkylation sites (N-methyl/N-ethyl adjacent to an activating group) is 1. The Morgan fingerprint density at radius 2 is 1.83 bits per heavy atom. The van der Waals surface area contributed by atoms with E-state index in [0.717, 1.165) is 29.9 Å². The Kier molecular flexibility index (Phi) is 6.32. The summed E-state index contributed by atoms with van der Waals surface area (Å²) in [5.74, 6) is -0.0261. The molecule has 0 aliphatic rings. The summed E-state index contributed by atoms with van der Waals surface area (Å²) < 4.78 is 0. The second-order valence-corrected chi connectivity index (χ2v) is 5.75. The maximum atomic E-state index is 12.7. The van der Waals surface area contributed by atoms with Crippen molar-refractivity contribution in [3.63, 3.8) is 0 Å². The van der Waals surface area contributed by atoms with Gasteiger partial charge >= 0.3 is 0 Å². The largest absolute Gasteiger partial charge is 0.324 e. The molecule has 0 heterocycles. The minimum Gasteiger partial charge on any atom is -0.324 e. The fourth-order valence-corrected chi connectivity index (χ4v) is 2.56. The van der Waals surface area contributed by atoms with Crippen LogP contribution >= 0.6 is 0 Å². The number of anilines is 1. The minimum absolute atomic E-state index is 0.0261. The molecule has 122 valence electrons. The summed E-state index contributed by atoms with van der Waals surface area (Å²) in [7, 11) is 3.83. The molecule has 0 fully saturated rings. The molecule has 0 spiro atoms. The van der Waals surface area contributed by atoms with E-state index in [-0.39, 0.29) is 11.9 Å². The van der Waals surface area contributed by atoms with Crippen molar-refractivity contribution < 1.29 is 4.79 Å². The van der Waals surface area contributed by atoms with Crippen molar-refractivity contribution in [3.8, 4) is 0 Å². The van der Waals surface area contributed by atoms with Crippen molar-refractivity contribution in [2.24, 2.45) is 0 Å². The fraction of sp³-hybridized carbons (Fsp3) is 0.316. The van der Waals surface area contributed by atoms with Crippen LogP contribution in [-0.4, -0.2) is 31.4 Å². The molecule has 23 heavy (non-hydrogen) atoms. The third-order valence-corrected chi connectivity index (χ3v) is 3.65. The lowest BCUT2D eigenvalue weighted by Gasteiger charge is -2.24. The first kappa shape index (κ1) is 17.2. The Bertz CT molecular complexity index is 626. The van der Waals surface area contributed by atoms with Crippen LogP contribution in [0, 0.1) is 0 Å². The molecule has 0 aliphatic carbocycles. The van der Waals surface area contributed by atoms with Gasteiger partial charge in [-0.25, -0.2) is 0 Å². The highest BCUT2D eigenvalue weighted by atomic mass is 16.2. The van der Waals surface area contributed by atoms with Gasteiger partial charge in [0.15, 0.2) is 0 Å². The predicted molar refractivity (Wildman–Crippen MR) is 95.3 cm³/mol. The van der Waals surface area contributed by atoms with Gasteiger partial charge in [-0.05, 0) is 43.9 Å². The normalized spacial score (nSPS) is 12.2. The van der Waals surface area contributed by atoms with E-state index < -0.39 is 0 Å². The van der Waals surface area contributed by atoms with Crippen molar-refractivity contribution in [2.45, 2.75) is 19.5 Å². The molecule has 2 aromatic rings. The Balaban J connectivity index is 2.13. The SMILES string of the molecule is CCNCc1cccc(NC(=O)C(c2ccccc2)N(C)C)c1. The van der Waals surface area contributed by atoms with Crippen LogP contribution in [0.5, 0.6) is 0 Å². The quantitative estimate of drug-likeness (QED) is 0.826. The van der Waals surface area contributed by atoms with Crippen LogP contribution in [-0.2, 0) is 11.3 Å². The van der Waals surface area contributed by atoms with Crippen LogP contribution in [0.25, 0.3) is 0 Å². The zero-order valence-corrected chi connectivity index (χ0v) is 14.0. The highest BCUT2D eigenvalue weighted by molar-refractivity contribution is 5.95.